The normalized spacial score (nSPS) is 20.1. The molecule has 2 atom stereocenters. The number of ether oxygens (including phenoxy) is 1. The number of benzene rings is 2. The predicted molar refractivity (Wildman–Crippen MR) is 90.7 cm³/mol. The fourth-order valence-electron chi connectivity index (χ4n) is 2.78. The van der Waals surface area contributed by atoms with Gasteiger partial charge < -0.3 is 10.1 Å². The van der Waals surface area contributed by atoms with E-state index in [-0.39, 0.29) is 12.1 Å². The zero-order valence-electron chi connectivity index (χ0n) is 12.3. The van der Waals surface area contributed by atoms with E-state index < -0.39 is 0 Å². The van der Waals surface area contributed by atoms with E-state index in [0.717, 1.165) is 18.1 Å². The molecule has 1 fully saturated rings. The molecule has 3 heteroatoms. The molecule has 1 saturated heterocycles. The topological polar surface area (TPSA) is 21.3 Å². The highest BCUT2D eigenvalue weighted by atomic mass is 32.2. The van der Waals surface area contributed by atoms with E-state index in [0.29, 0.717) is 0 Å². The molecule has 0 aromatic heterocycles. The first-order valence-electron chi connectivity index (χ1n) is 7.40. The van der Waals surface area contributed by atoms with Gasteiger partial charge in [-0.1, -0.05) is 54.6 Å². The molecule has 2 nitrogen and oxygen atoms in total. The van der Waals surface area contributed by atoms with Gasteiger partial charge in [-0.2, -0.15) is 11.8 Å². The number of likely N-dealkylation sites (N-methyl/N-ethyl adjacent to an activating group) is 1. The second-order valence-electron chi connectivity index (χ2n) is 5.24. The molecule has 0 bridgehead atoms. The largest absolute Gasteiger partial charge is 0.375 e. The van der Waals surface area contributed by atoms with Crippen LogP contribution in [0.2, 0.25) is 0 Å². The van der Waals surface area contributed by atoms with Crippen molar-refractivity contribution in [1.29, 1.82) is 0 Å². The van der Waals surface area contributed by atoms with E-state index in [9.17, 15) is 0 Å². The average molecular weight is 299 g/mol. The van der Waals surface area contributed by atoms with Crippen molar-refractivity contribution in [3.05, 3.63) is 60.2 Å². The Morgan fingerprint density at radius 3 is 2.38 bits per heavy atom. The Morgan fingerprint density at radius 2 is 1.76 bits per heavy atom. The summed E-state index contributed by atoms with van der Waals surface area (Å²) < 4.78 is 5.92. The summed E-state index contributed by atoms with van der Waals surface area (Å²) in [4.78, 5) is 0. The molecule has 0 spiro atoms. The molecule has 0 aliphatic carbocycles. The van der Waals surface area contributed by atoms with Crippen LogP contribution in [-0.2, 0) is 4.74 Å². The Balaban J connectivity index is 1.79. The highest BCUT2D eigenvalue weighted by Gasteiger charge is 2.24. The van der Waals surface area contributed by atoms with Gasteiger partial charge in [-0.15, -0.1) is 0 Å². The van der Waals surface area contributed by atoms with Crippen LogP contribution in [0, 0.1) is 0 Å². The maximum absolute atomic E-state index is 5.92. The van der Waals surface area contributed by atoms with Crippen LogP contribution in [0.25, 0.3) is 11.1 Å². The van der Waals surface area contributed by atoms with Crippen molar-refractivity contribution in [3.63, 3.8) is 0 Å². The molecule has 0 radical (unpaired) electrons. The Kier molecular flexibility index (Phi) is 4.96. The lowest BCUT2D eigenvalue weighted by atomic mass is 9.98. The summed E-state index contributed by atoms with van der Waals surface area (Å²) >= 11 is 1.98. The summed E-state index contributed by atoms with van der Waals surface area (Å²) in [5.41, 5.74) is 3.81. The molecule has 2 unspecified atom stereocenters. The molecule has 1 heterocycles. The van der Waals surface area contributed by atoms with Crippen molar-refractivity contribution in [2.75, 3.05) is 25.2 Å². The molecule has 1 aliphatic rings. The van der Waals surface area contributed by atoms with Crippen LogP contribution in [0.3, 0.4) is 0 Å². The van der Waals surface area contributed by atoms with Gasteiger partial charge >= 0.3 is 0 Å². The first kappa shape index (κ1) is 14.6. The Hall–Kier alpha value is -1.29. The molecular formula is C18H21NOS. The molecule has 1 N–H and O–H groups in total. The van der Waals surface area contributed by atoms with Crippen LogP contribution < -0.4 is 5.32 Å². The summed E-state index contributed by atoms with van der Waals surface area (Å²) in [6, 6.07) is 19.6. The molecule has 3 rings (SSSR count). The molecule has 2 aromatic carbocycles. The molecule has 0 saturated carbocycles. The van der Waals surface area contributed by atoms with Crippen molar-refractivity contribution in [1.82, 2.24) is 5.32 Å². The smallest absolute Gasteiger partial charge is 0.0860 e. The van der Waals surface area contributed by atoms with Crippen molar-refractivity contribution in [3.8, 4) is 11.1 Å². The van der Waals surface area contributed by atoms with Crippen molar-refractivity contribution >= 4 is 11.8 Å². The standard InChI is InChI=1S/C18H21NOS/c1-19-18(17-13-21-12-11-20-17)16-9-7-15(8-10-16)14-5-3-2-4-6-14/h2-10,17-19H,11-13H2,1H3. The highest BCUT2D eigenvalue weighted by molar-refractivity contribution is 7.99. The molecule has 21 heavy (non-hydrogen) atoms. The van der Waals surface area contributed by atoms with Gasteiger partial charge in [-0.3, -0.25) is 0 Å². The van der Waals surface area contributed by atoms with E-state index in [1.165, 1.54) is 16.7 Å². The van der Waals surface area contributed by atoms with Gasteiger partial charge in [-0.25, -0.2) is 0 Å². The fourth-order valence-corrected chi connectivity index (χ4v) is 3.68. The van der Waals surface area contributed by atoms with Crippen LogP contribution in [-0.4, -0.2) is 31.3 Å². The number of thioether (sulfide) groups is 1. The first-order chi connectivity index (χ1) is 10.4. The minimum atomic E-state index is 0.260. The van der Waals surface area contributed by atoms with Crippen LogP contribution in [0.4, 0.5) is 0 Å². The van der Waals surface area contributed by atoms with E-state index >= 15 is 0 Å². The van der Waals surface area contributed by atoms with E-state index in [2.05, 4.69) is 53.8 Å². The van der Waals surface area contributed by atoms with Gasteiger partial charge in [-0.05, 0) is 23.7 Å². The zero-order chi connectivity index (χ0) is 14.5. The van der Waals surface area contributed by atoms with E-state index in [4.69, 9.17) is 4.74 Å². The van der Waals surface area contributed by atoms with Crippen LogP contribution in [0.5, 0.6) is 0 Å². The monoisotopic (exact) mass is 299 g/mol. The maximum atomic E-state index is 5.92. The summed E-state index contributed by atoms with van der Waals surface area (Å²) in [6.07, 6.45) is 0.260. The van der Waals surface area contributed by atoms with Crippen molar-refractivity contribution in [2.45, 2.75) is 12.1 Å². The SMILES string of the molecule is CNC(c1ccc(-c2ccccc2)cc1)C1CSCCO1. The third-order valence-corrected chi connectivity index (χ3v) is 4.92. The summed E-state index contributed by atoms with van der Waals surface area (Å²) in [5.74, 6) is 2.17. The van der Waals surface area contributed by atoms with E-state index in [1.54, 1.807) is 0 Å². The average Bonchev–Trinajstić information content (AvgIpc) is 2.58. The molecular weight excluding hydrogens is 278 g/mol. The highest BCUT2D eigenvalue weighted by Crippen LogP contribution is 2.27. The lowest BCUT2D eigenvalue weighted by Gasteiger charge is -2.30. The van der Waals surface area contributed by atoms with Crippen LogP contribution >= 0.6 is 11.8 Å². The third kappa shape index (κ3) is 3.49. The maximum Gasteiger partial charge on any atom is 0.0860 e. The third-order valence-electron chi connectivity index (χ3n) is 3.90. The number of nitrogens with one attached hydrogen (secondary N) is 1. The van der Waals surface area contributed by atoms with Crippen LogP contribution in [0.15, 0.2) is 54.6 Å². The van der Waals surface area contributed by atoms with Crippen molar-refractivity contribution < 1.29 is 4.74 Å². The molecule has 110 valence electrons. The second kappa shape index (κ2) is 7.12. The lowest BCUT2D eigenvalue weighted by Crippen LogP contribution is -2.36. The fraction of sp³-hybridized carbons (Fsp3) is 0.333. The van der Waals surface area contributed by atoms with Gasteiger partial charge in [0.1, 0.15) is 0 Å². The molecule has 2 aromatic rings. The summed E-state index contributed by atoms with van der Waals surface area (Å²) in [6.45, 7) is 0.857. The summed E-state index contributed by atoms with van der Waals surface area (Å²) in [5, 5.41) is 3.41. The number of rotatable bonds is 4. The number of hydrogen-bond acceptors (Lipinski definition) is 3. The molecule has 0 amide bonds. The van der Waals surface area contributed by atoms with Crippen LogP contribution in [0.1, 0.15) is 11.6 Å². The zero-order valence-corrected chi connectivity index (χ0v) is 13.1. The summed E-state index contributed by atoms with van der Waals surface area (Å²) in [7, 11) is 2.01. The van der Waals surface area contributed by atoms with Gasteiger partial charge in [0.2, 0.25) is 0 Å². The predicted octanol–water partition coefficient (Wildman–Crippen LogP) is 3.75. The van der Waals surface area contributed by atoms with Gasteiger partial charge in [0.15, 0.2) is 0 Å². The Labute approximate surface area is 130 Å². The lowest BCUT2D eigenvalue weighted by molar-refractivity contribution is 0.0488. The minimum Gasteiger partial charge on any atom is -0.375 e. The van der Waals surface area contributed by atoms with Gasteiger partial charge in [0.05, 0.1) is 18.8 Å². The Morgan fingerprint density at radius 1 is 1.05 bits per heavy atom. The van der Waals surface area contributed by atoms with Gasteiger partial charge in [0, 0.05) is 11.5 Å². The minimum absolute atomic E-state index is 0.260. The molecule has 1 aliphatic heterocycles. The second-order valence-corrected chi connectivity index (χ2v) is 6.39. The first-order valence-corrected chi connectivity index (χ1v) is 8.56. The van der Waals surface area contributed by atoms with Gasteiger partial charge in [0.25, 0.3) is 0 Å². The Bertz CT molecular complexity index is 549. The number of hydrogen-bond donors (Lipinski definition) is 1. The van der Waals surface area contributed by atoms with Crippen molar-refractivity contribution in [2.24, 2.45) is 0 Å². The van der Waals surface area contributed by atoms with E-state index in [1.807, 2.05) is 24.9 Å². The quantitative estimate of drug-likeness (QED) is 0.929.